The fourth-order valence-electron chi connectivity index (χ4n) is 1.84. The lowest BCUT2D eigenvalue weighted by atomic mass is 10.1. The standard InChI is InChI=1S/C17H19BrN/c1-2-3-12-19-13-10-16(11-14-19)5-4-15-6-8-17(18)9-7-15/h4-11,13-14H,2-3,12H2,1H3/q+1. The summed E-state index contributed by atoms with van der Waals surface area (Å²) < 4.78 is 3.35. The van der Waals surface area contributed by atoms with Crippen molar-refractivity contribution in [2.45, 2.75) is 26.3 Å². The molecule has 0 N–H and O–H groups in total. The third-order valence-electron chi connectivity index (χ3n) is 3.03. The first-order valence-electron chi connectivity index (χ1n) is 6.70. The minimum Gasteiger partial charge on any atom is -0.205 e. The maximum Gasteiger partial charge on any atom is 0.169 e. The van der Waals surface area contributed by atoms with Gasteiger partial charge in [0.05, 0.1) is 0 Å². The van der Waals surface area contributed by atoms with Crippen molar-refractivity contribution < 1.29 is 4.57 Å². The molecule has 19 heavy (non-hydrogen) atoms. The largest absolute Gasteiger partial charge is 0.205 e. The highest BCUT2D eigenvalue weighted by Gasteiger charge is 1.98. The van der Waals surface area contributed by atoms with Gasteiger partial charge in [0.25, 0.3) is 0 Å². The molecule has 2 aromatic rings. The molecular weight excluding hydrogens is 298 g/mol. The van der Waals surface area contributed by atoms with Crippen LogP contribution in [-0.2, 0) is 6.54 Å². The van der Waals surface area contributed by atoms with E-state index in [0.29, 0.717) is 0 Å². The molecule has 0 spiro atoms. The summed E-state index contributed by atoms with van der Waals surface area (Å²) in [6.45, 7) is 3.32. The molecule has 2 rings (SSSR count). The number of halogens is 1. The van der Waals surface area contributed by atoms with Crippen molar-refractivity contribution in [2.24, 2.45) is 0 Å². The van der Waals surface area contributed by atoms with Crippen molar-refractivity contribution in [1.29, 1.82) is 0 Å². The summed E-state index contributed by atoms with van der Waals surface area (Å²) in [5.74, 6) is 0. The molecule has 1 heterocycles. The molecule has 0 amide bonds. The monoisotopic (exact) mass is 316 g/mol. The molecule has 0 aliphatic heterocycles. The molecule has 0 aliphatic rings. The molecule has 98 valence electrons. The van der Waals surface area contributed by atoms with Crippen LogP contribution in [-0.4, -0.2) is 0 Å². The number of aryl methyl sites for hydroxylation is 1. The van der Waals surface area contributed by atoms with Crippen molar-refractivity contribution in [2.75, 3.05) is 0 Å². The fraction of sp³-hybridized carbons (Fsp3) is 0.235. The minimum atomic E-state index is 1.10. The van der Waals surface area contributed by atoms with Gasteiger partial charge < -0.3 is 0 Å². The lowest BCUT2D eigenvalue weighted by molar-refractivity contribution is -0.697. The van der Waals surface area contributed by atoms with E-state index in [9.17, 15) is 0 Å². The number of aromatic nitrogens is 1. The smallest absolute Gasteiger partial charge is 0.169 e. The Morgan fingerprint density at radius 2 is 1.53 bits per heavy atom. The van der Waals surface area contributed by atoms with Gasteiger partial charge in [-0.2, -0.15) is 0 Å². The van der Waals surface area contributed by atoms with Gasteiger partial charge in [0.1, 0.15) is 6.54 Å². The Balaban J connectivity index is 2.00. The van der Waals surface area contributed by atoms with Crippen molar-refractivity contribution >= 4 is 28.1 Å². The summed E-state index contributed by atoms with van der Waals surface area (Å²) in [5.41, 5.74) is 2.45. The van der Waals surface area contributed by atoms with Crippen LogP contribution in [0, 0.1) is 0 Å². The van der Waals surface area contributed by atoms with Crippen molar-refractivity contribution in [3.63, 3.8) is 0 Å². The van der Waals surface area contributed by atoms with Crippen LogP contribution in [0.3, 0.4) is 0 Å². The first-order chi connectivity index (χ1) is 9.28. The van der Waals surface area contributed by atoms with Gasteiger partial charge in [0.2, 0.25) is 0 Å². The second-order valence-corrected chi connectivity index (χ2v) is 5.52. The predicted molar refractivity (Wildman–Crippen MR) is 84.6 cm³/mol. The average Bonchev–Trinajstić information content (AvgIpc) is 2.46. The first-order valence-corrected chi connectivity index (χ1v) is 7.50. The molecule has 0 bridgehead atoms. The summed E-state index contributed by atoms with van der Waals surface area (Å²) in [6, 6.07) is 12.6. The van der Waals surface area contributed by atoms with Crippen LogP contribution < -0.4 is 4.57 Å². The first kappa shape index (κ1) is 14.0. The molecule has 1 aromatic carbocycles. The summed E-state index contributed by atoms with van der Waals surface area (Å²) in [7, 11) is 0. The minimum absolute atomic E-state index is 1.10. The molecule has 0 saturated carbocycles. The predicted octanol–water partition coefficient (Wildman–Crippen LogP) is 4.71. The summed E-state index contributed by atoms with van der Waals surface area (Å²) in [6.07, 6.45) is 11.1. The van der Waals surface area contributed by atoms with Crippen LogP contribution in [0.2, 0.25) is 0 Å². The SMILES string of the molecule is CCCC[n+]1ccc(C=Cc2ccc(Br)cc2)cc1. The van der Waals surface area contributed by atoms with Gasteiger partial charge in [-0.3, -0.25) is 0 Å². The molecule has 1 nitrogen and oxygen atoms in total. The normalized spacial score (nSPS) is 11.1. The second-order valence-electron chi connectivity index (χ2n) is 4.61. The van der Waals surface area contributed by atoms with Gasteiger partial charge in [-0.1, -0.05) is 53.6 Å². The van der Waals surface area contributed by atoms with E-state index in [1.807, 2.05) is 0 Å². The van der Waals surface area contributed by atoms with Crippen LogP contribution in [0.15, 0.2) is 53.3 Å². The van der Waals surface area contributed by atoms with Gasteiger partial charge in [-0.25, -0.2) is 4.57 Å². The zero-order valence-corrected chi connectivity index (χ0v) is 12.8. The Kier molecular flexibility index (Phi) is 5.34. The summed E-state index contributed by atoms with van der Waals surface area (Å²) in [5, 5.41) is 0. The Labute approximate surface area is 123 Å². The van der Waals surface area contributed by atoms with Crippen molar-refractivity contribution in [3.05, 3.63) is 64.4 Å². The molecule has 2 heteroatoms. The Morgan fingerprint density at radius 3 is 2.11 bits per heavy atom. The highest BCUT2D eigenvalue weighted by Crippen LogP contribution is 2.12. The highest BCUT2D eigenvalue weighted by atomic mass is 79.9. The van der Waals surface area contributed by atoms with E-state index in [-0.39, 0.29) is 0 Å². The average molecular weight is 317 g/mol. The molecule has 1 aromatic heterocycles. The molecule has 0 unspecified atom stereocenters. The quantitative estimate of drug-likeness (QED) is 0.703. The van der Waals surface area contributed by atoms with E-state index < -0.39 is 0 Å². The maximum atomic E-state index is 3.44. The number of hydrogen-bond donors (Lipinski definition) is 0. The third kappa shape index (κ3) is 4.64. The van der Waals surface area contributed by atoms with Gasteiger partial charge in [-0.15, -0.1) is 0 Å². The van der Waals surface area contributed by atoms with Crippen LogP contribution in [0.25, 0.3) is 12.2 Å². The van der Waals surface area contributed by atoms with E-state index in [2.05, 4.69) is 88.4 Å². The van der Waals surface area contributed by atoms with E-state index in [0.717, 1.165) is 11.0 Å². The topological polar surface area (TPSA) is 3.88 Å². The zero-order valence-electron chi connectivity index (χ0n) is 11.2. The van der Waals surface area contributed by atoms with E-state index in [1.54, 1.807) is 0 Å². The van der Waals surface area contributed by atoms with Crippen LogP contribution >= 0.6 is 15.9 Å². The van der Waals surface area contributed by atoms with E-state index >= 15 is 0 Å². The van der Waals surface area contributed by atoms with Crippen LogP contribution in [0.1, 0.15) is 30.9 Å². The Morgan fingerprint density at radius 1 is 0.947 bits per heavy atom. The van der Waals surface area contributed by atoms with Crippen LogP contribution in [0.5, 0.6) is 0 Å². The maximum absolute atomic E-state index is 3.44. The van der Waals surface area contributed by atoms with Crippen LogP contribution in [0.4, 0.5) is 0 Å². The number of rotatable bonds is 5. The van der Waals surface area contributed by atoms with E-state index in [4.69, 9.17) is 0 Å². The third-order valence-corrected chi connectivity index (χ3v) is 3.55. The van der Waals surface area contributed by atoms with Gasteiger partial charge in [0, 0.05) is 23.0 Å². The lowest BCUT2D eigenvalue weighted by Crippen LogP contribution is -2.32. The molecular formula is C17H19BrN+. The Bertz CT molecular complexity index is 526. The van der Waals surface area contributed by atoms with E-state index in [1.165, 1.54) is 24.0 Å². The van der Waals surface area contributed by atoms with Crippen molar-refractivity contribution in [1.82, 2.24) is 0 Å². The molecule has 0 radical (unpaired) electrons. The number of unbranched alkanes of at least 4 members (excludes halogenated alkanes) is 1. The summed E-state index contributed by atoms with van der Waals surface area (Å²) >= 11 is 3.44. The fourth-order valence-corrected chi connectivity index (χ4v) is 2.10. The second kappa shape index (κ2) is 7.25. The number of benzene rings is 1. The number of hydrogen-bond acceptors (Lipinski definition) is 0. The van der Waals surface area contributed by atoms with Gasteiger partial charge >= 0.3 is 0 Å². The molecule has 0 aliphatic carbocycles. The highest BCUT2D eigenvalue weighted by molar-refractivity contribution is 9.10. The zero-order chi connectivity index (χ0) is 13.5. The number of nitrogens with zero attached hydrogens (tertiary/aromatic N) is 1. The van der Waals surface area contributed by atoms with Gasteiger partial charge in [0.15, 0.2) is 12.4 Å². The summed E-state index contributed by atoms with van der Waals surface area (Å²) in [4.78, 5) is 0. The Hall–Kier alpha value is -1.41. The van der Waals surface area contributed by atoms with Gasteiger partial charge in [-0.05, 0) is 23.3 Å². The molecule has 0 saturated heterocycles. The molecule has 0 fully saturated rings. The van der Waals surface area contributed by atoms with Crippen molar-refractivity contribution in [3.8, 4) is 0 Å². The molecule has 0 atom stereocenters. The lowest BCUT2D eigenvalue weighted by Gasteiger charge is -1.97. The number of pyridine rings is 1.